The number of carbonyl (C=O) groups is 1. The van der Waals surface area contributed by atoms with Crippen molar-refractivity contribution in [3.05, 3.63) is 34.9 Å². The molecule has 0 aliphatic heterocycles. The lowest BCUT2D eigenvalue weighted by molar-refractivity contribution is -0.127. The molecule has 0 unspecified atom stereocenters. The minimum atomic E-state index is -0.783. The maximum absolute atomic E-state index is 12.1. The maximum atomic E-state index is 12.1. The third kappa shape index (κ3) is 3.27. The number of halogens is 1. The van der Waals surface area contributed by atoms with Crippen LogP contribution in [0.3, 0.4) is 0 Å². The van der Waals surface area contributed by atoms with Crippen LogP contribution in [-0.2, 0) is 11.2 Å². The Hall–Kier alpha value is -1.53. The van der Waals surface area contributed by atoms with Gasteiger partial charge < -0.3 is 5.32 Å². The fourth-order valence-corrected chi connectivity index (χ4v) is 2.76. The van der Waals surface area contributed by atoms with Crippen molar-refractivity contribution in [1.29, 1.82) is 5.26 Å². The Morgan fingerprint density at radius 1 is 1.42 bits per heavy atom. The highest BCUT2D eigenvalue weighted by molar-refractivity contribution is 6.30. The molecular weight excluding hydrogens is 260 g/mol. The molecule has 3 nitrogen and oxygen atoms in total. The Labute approximate surface area is 118 Å². The fraction of sp³-hybridized carbons (Fsp3) is 0.467. The fourth-order valence-electron chi connectivity index (χ4n) is 2.55. The largest absolute Gasteiger partial charge is 0.354 e. The lowest BCUT2D eigenvalue weighted by Gasteiger charge is -2.19. The van der Waals surface area contributed by atoms with Crippen molar-refractivity contribution in [2.24, 2.45) is 5.41 Å². The molecule has 0 aromatic heterocycles. The second kappa shape index (κ2) is 6.08. The topological polar surface area (TPSA) is 52.9 Å². The first-order valence-electron chi connectivity index (χ1n) is 6.60. The molecule has 100 valence electrons. The number of hydrogen-bond acceptors (Lipinski definition) is 2. The number of nitrogens with zero attached hydrogens (tertiary/aromatic N) is 1. The number of amides is 1. The molecule has 1 aromatic rings. The van der Waals surface area contributed by atoms with Gasteiger partial charge in [-0.25, -0.2) is 0 Å². The first-order valence-corrected chi connectivity index (χ1v) is 6.98. The lowest BCUT2D eigenvalue weighted by Crippen LogP contribution is -2.39. The quantitative estimate of drug-likeness (QED) is 0.919. The van der Waals surface area contributed by atoms with Crippen LogP contribution in [0.5, 0.6) is 0 Å². The van der Waals surface area contributed by atoms with Gasteiger partial charge in [0.2, 0.25) is 5.91 Å². The standard InChI is InChI=1S/C15H17ClN2O/c16-13-5-3-4-12(10-13)6-9-18-14(19)15(11-17)7-1-2-8-15/h3-5,10H,1-2,6-9H2,(H,18,19). The van der Waals surface area contributed by atoms with Crippen LogP contribution in [0.25, 0.3) is 0 Å². The van der Waals surface area contributed by atoms with Crippen LogP contribution in [0.2, 0.25) is 5.02 Å². The molecule has 0 atom stereocenters. The summed E-state index contributed by atoms with van der Waals surface area (Å²) < 4.78 is 0. The first kappa shape index (κ1) is 13.9. The predicted octanol–water partition coefficient (Wildman–Crippen LogP) is 3.08. The van der Waals surface area contributed by atoms with Gasteiger partial charge in [-0.15, -0.1) is 0 Å². The van der Waals surface area contributed by atoms with Gasteiger partial charge in [-0.2, -0.15) is 5.26 Å². The summed E-state index contributed by atoms with van der Waals surface area (Å²) in [6.07, 6.45) is 4.04. The molecule has 1 aliphatic carbocycles. The van der Waals surface area contributed by atoms with Gasteiger partial charge in [0.25, 0.3) is 0 Å². The maximum Gasteiger partial charge on any atom is 0.240 e. The SMILES string of the molecule is N#CC1(C(=O)NCCc2cccc(Cl)c2)CCCC1. The van der Waals surface area contributed by atoms with Crippen LogP contribution in [0.4, 0.5) is 0 Å². The Kier molecular flexibility index (Phi) is 4.44. The third-order valence-corrected chi connectivity index (χ3v) is 3.93. The highest BCUT2D eigenvalue weighted by atomic mass is 35.5. The molecule has 19 heavy (non-hydrogen) atoms. The van der Waals surface area contributed by atoms with Gasteiger partial charge in [0, 0.05) is 11.6 Å². The van der Waals surface area contributed by atoms with Crippen LogP contribution < -0.4 is 5.32 Å². The third-order valence-electron chi connectivity index (χ3n) is 3.69. The van der Waals surface area contributed by atoms with Gasteiger partial charge in [0.05, 0.1) is 6.07 Å². The van der Waals surface area contributed by atoms with Crippen molar-refractivity contribution in [2.75, 3.05) is 6.54 Å². The van der Waals surface area contributed by atoms with E-state index in [2.05, 4.69) is 11.4 Å². The van der Waals surface area contributed by atoms with Crippen molar-refractivity contribution < 1.29 is 4.79 Å². The summed E-state index contributed by atoms with van der Waals surface area (Å²) >= 11 is 5.90. The number of carbonyl (C=O) groups excluding carboxylic acids is 1. The summed E-state index contributed by atoms with van der Waals surface area (Å²) in [6.45, 7) is 0.544. The van der Waals surface area contributed by atoms with Crippen LogP contribution in [0, 0.1) is 16.7 Å². The summed E-state index contributed by atoms with van der Waals surface area (Å²) in [7, 11) is 0. The normalized spacial score (nSPS) is 16.8. The summed E-state index contributed by atoms with van der Waals surface area (Å²) in [5.41, 5.74) is 0.305. The van der Waals surface area contributed by atoms with E-state index >= 15 is 0 Å². The van der Waals surface area contributed by atoms with Crippen molar-refractivity contribution in [1.82, 2.24) is 5.32 Å². The van der Waals surface area contributed by atoms with E-state index in [1.54, 1.807) is 0 Å². The van der Waals surface area contributed by atoms with E-state index in [-0.39, 0.29) is 5.91 Å². The van der Waals surface area contributed by atoms with Crippen molar-refractivity contribution in [3.63, 3.8) is 0 Å². The minimum absolute atomic E-state index is 0.116. The highest BCUT2D eigenvalue weighted by Gasteiger charge is 2.41. The van der Waals surface area contributed by atoms with Crippen molar-refractivity contribution in [3.8, 4) is 6.07 Å². The van der Waals surface area contributed by atoms with E-state index < -0.39 is 5.41 Å². The number of rotatable bonds is 4. The van der Waals surface area contributed by atoms with Gasteiger partial charge in [-0.05, 0) is 37.0 Å². The minimum Gasteiger partial charge on any atom is -0.354 e. The Morgan fingerprint density at radius 3 is 2.79 bits per heavy atom. The first-order chi connectivity index (χ1) is 9.16. The molecule has 1 N–H and O–H groups in total. The number of benzene rings is 1. The van der Waals surface area contributed by atoms with Gasteiger partial charge in [-0.3, -0.25) is 4.79 Å². The predicted molar refractivity (Wildman–Crippen MR) is 74.7 cm³/mol. The summed E-state index contributed by atoms with van der Waals surface area (Å²) in [5.74, 6) is -0.116. The highest BCUT2D eigenvalue weighted by Crippen LogP contribution is 2.37. The zero-order valence-electron chi connectivity index (χ0n) is 10.8. The van der Waals surface area contributed by atoms with Crippen LogP contribution in [0.1, 0.15) is 31.2 Å². The molecule has 1 aromatic carbocycles. The molecule has 0 bridgehead atoms. The van der Waals surface area contributed by atoms with Crippen molar-refractivity contribution >= 4 is 17.5 Å². The zero-order valence-corrected chi connectivity index (χ0v) is 11.5. The molecule has 1 aliphatic rings. The van der Waals surface area contributed by atoms with Crippen LogP contribution >= 0.6 is 11.6 Å². The molecule has 0 spiro atoms. The molecule has 1 saturated carbocycles. The van der Waals surface area contributed by atoms with E-state index in [1.165, 1.54) is 0 Å². The molecule has 2 rings (SSSR count). The van der Waals surface area contributed by atoms with Crippen molar-refractivity contribution in [2.45, 2.75) is 32.1 Å². The van der Waals surface area contributed by atoms with Crippen LogP contribution in [0.15, 0.2) is 24.3 Å². The Morgan fingerprint density at radius 2 is 2.16 bits per heavy atom. The molecule has 4 heteroatoms. The molecule has 0 radical (unpaired) electrons. The zero-order chi connectivity index (χ0) is 13.7. The average molecular weight is 277 g/mol. The second-order valence-corrected chi connectivity index (χ2v) is 5.47. The Balaban J connectivity index is 1.86. The lowest BCUT2D eigenvalue weighted by atomic mass is 9.87. The van der Waals surface area contributed by atoms with E-state index in [9.17, 15) is 10.1 Å². The van der Waals surface area contributed by atoms with Gasteiger partial charge in [0.15, 0.2) is 0 Å². The van der Waals surface area contributed by atoms with Crippen LogP contribution in [-0.4, -0.2) is 12.5 Å². The van der Waals surface area contributed by atoms with Gasteiger partial charge in [0.1, 0.15) is 5.41 Å². The molecule has 0 saturated heterocycles. The summed E-state index contributed by atoms with van der Waals surface area (Å²) in [6, 6.07) is 9.80. The monoisotopic (exact) mass is 276 g/mol. The van der Waals surface area contributed by atoms with Gasteiger partial charge >= 0.3 is 0 Å². The Bertz CT molecular complexity index is 501. The second-order valence-electron chi connectivity index (χ2n) is 5.04. The van der Waals surface area contributed by atoms with Gasteiger partial charge in [-0.1, -0.05) is 36.6 Å². The van der Waals surface area contributed by atoms with E-state index in [0.29, 0.717) is 24.4 Å². The summed E-state index contributed by atoms with van der Waals surface area (Å²) in [4.78, 5) is 12.1. The number of nitrogens with one attached hydrogen (secondary N) is 1. The smallest absolute Gasteiger partial charge is 0.240 e. The van der Waals surface area contributed by atoms with E-state index in [4.69, 9.17) is 11.6 Å². The van der Waals surface area contributed by atoms with E-state index in [0.717, 1.165) is 24.8 Å². The molecular formula is C15H17ClN2O. The van der Waals surface area contributed by atoms with E-state index in [1.807, 2.05) is 24.3 Å². The molecule has 0 heterocycles. The average Bonchev–Trinajstić information content (AvgIpc) is 2.89. The summed E-state index contributed by atoms with van der Waals surface area (Å²) in [5, 5.41) is 12.8. The molecule has 1 amide bonds. The number of hydrogen-bond donors (Lipinski definition) is 1. The number of nitriles is 1. The molecule has 1 fully saturated rings.